The molecule has 1 N–H and O–H groups in total. The fraction of sp³-hybridized carbons (Fsp3) is 0.533. The molecule has 0 aromatic heterocycles. The predicted octanol–water partition coefficient (Wildman–Crippen LogP) is 2.09. The molecule has 3 heteroatoms. The average molecular weight is 244 g/mol. The maximum Gasteiger partial charge on any atom is 0.224 e. The van der Waals surface area contributed by atoms with Crippen molar-refractivity contribution in [3.8, 4) is 0 Å². The summed E-state index contributed by atoms with van der Waals surface area (Å²) in [6.07, 6.45) is 1.64. The number of carbonyl (C=O) groups is 1. The van der Waals surface area contributed by atoms with Crippen LogP contribution in [0.5, 0.6) is 0 Å². The number of carbonyl (C=O) groups excluding carboxylic acids is 1. The first-order valence-corrected chi connectivity index (χ1v) is 6.65. The normalized spacial score (nSPS) is 30.3. The number of hydrogen-bond donors (Lipinski definition) is 1. The van der Waals surface area contributed by atoms with Crippen LogP contribution in [0.4, 0.5) is 0 Å². The molecule has 1 aromatic rings. The van der Waals surface area contributed by atoms with Crippen molar-refractivity contribution in [1.82, 2.24) is 10.2 Å². The van der Waals surface area contributed by atoms with Crippen LogP contribution < -0.4 is 5.32 Å². The highest BCUT2D eigenvalue weighted by molar-refractivity contribution is 5.79. The van der Waals surface area contributed by atoms with E-state index in [1.165, 1.54) is 5.56 Å². The third-order valence-electron chi connectivity index (χ3n) is 4.13. The van der Waals surface area contributed by atoms with E-state index in [0.717, 1.165) is 19.5 Å². The topological polar surface area (TPSA) is 32.3 Å². The van der Waals surface area contributed by atoms with Crippen molar-refractivity contribution in [3.63, 3.8) is 0 Å². The lowest BCUT2D eigenvalue weighted by atomic mass is 9.73. The summed E-state index contributed by atoms with van der Waals surface area (Å²) >= 11 is 0. The first kappa shape index (κ1) is 11.7. The van der Waals surface area contributed by atoms with Gasteiger partial charge in [-0.15, -0.1) is 0 Å². The largest absolute Gasteiger partial charge is 0.319 e. The molecule has 2 aliphatic rings. The Morgan fingerprint density at radius 3 is 2.67 bits per heavy atom. The molecule has 2 aliphatic heterocycles. The highest BCUT2D eigenvalue weighted by Crippen LogP contribution is 2.46. The van der Waals surface area contributed by atoms with Crippen molar-refractivity contribution in [2.45, 2.75) is 32.4 Å². The zero-order valence-electron chi connectivity index (χ0n) is 11.1. The van der Waals surface area contributed by atoms with Gasteiger partial charge in [0.2, 0.25) is 5.91 Å². The fourth-order valence-corrected chi connectivity index (χ4v) is 3.49. The Bertz CT molecular complexity index is 469. The fourth-order valence-electron chi connectivity index (χ4n) is 3.49. The highest BCUT2D eigenvalue weighted by atomic mass is 16.2. The first-order valence-electron chi connectivity index (χ1n) is 6.65. The number of fused-ring (bicyclic) bond motifs is 1. The van der Waals surface area contributed by atoms with Gasteiger partial charge in [0.15, 0.2) is 0 Å². The van der Waals surface area contributed by atoms with Crippen molar-refractivity contribution in [1.29, 1.82) is 0 Å². The molecule has 3 nitrogen and oxygen atoms in total. The van der Waals surface area contributed by atoms with Crippen molar-refractivity contribution in [3.05, 3.63) is 35.9 Å². The molecule has 2 saturated heterocycles. The van der Waals surface area contributed by atoms with Crippen LogP contribution in [-0.4, -0.2) is 23.9 Å². The number of rotatable bonds is 1. The summed E-state index contributed by atoms with van der Waals surface area (Å²) in [6, 6.07) is 10.4. The molecule has 3 rings (SSSR count). The number of nitrogens with one attached hydrogen (secondary N) is 1. The van der Waals surface area contributed by atoms with Gasteiger partial charge in [-0.25, -0.2) is 0 Å². The van der Waals surface area contributed by atoms with E-state index >= 15 is 0 Å². The van der Waals surface area contributed by atoms with Gasteiger partial charge in [0.1, 0.15) is 5.66 Å². The minimum absolute atomic E-state index is 0.0563. The third-order valence-corrected chi connectivity index (χ3v) is 4.13. The summed E-state index contributed by atoms with van der Waals surface area (Å²) in [4.78, 5) is 14.4. The number of benzene rings is 1. The zero-order valence-corrected chi connectivity index (χ0v) is 11.1. The van der Waals surface area contributed by atoms with E-state index in [0.29, 0.717) is 6.42 Å². The number of hydrogen-bond acceptors (Lipinski definition) is 2. The second-order valence-electron chi connectivity index (χ2n) is 6.22. The van der Waals surface area contributed by atoms with Gasteiger partial charge in [0.05, 0.1) is 0 Å². The smallest absolute Gasteiger partial charge is 0.224 e. The van der Waals surface area contributed by atoms with E-state index < -0.39 is 0 Å². The summed E-state index contributed by atoms with van der Waals surface area (Å²) in [7, 11) is 0. The van der Waals surface area contributed by atoms with Crippen molar-refractivity contribution in [2.24, 2.45) is 5.41 Å². The lowest BCUT2D eigenvalue weighted by Gasteiger charge is -2.48. The van der Waals surface area contributed by atoms with E-state index in [2.05, 4.69) is 31.3 Å². The number of piperidine rings is 1. The molecule has 2 heterocycles. The predicted molar refractivity (Wildman–Crippen MR) is 70.9 cm³/mol. The Balaban J connectivity index is 2.09. The Morgan fingerprint density at radius 2 is 1.94 bits per heavy atom. The van der Waals surface area contributed by atoms with Crippen LogP contribution in [0.3, 0.4) is 0 Å². The molecule has 0 bridgehead atoms. The van der Waals surface area contributed by atoms with E-state index in [4.69, 9.17) is 0 Å². The lowest BCUT2D eigenvalue weighted by molar-refractivity contribution is -0.146. The van der Waals surface area contributed by atoms with E-state index in [1.54, 1.807) is 0 Å². The summed E-state index contributed by atoms with van der Waals surface area (Å²) in [6.45, 7) is 6.08. The molecule has 1 aromatic carbocycles. The van der Waals surface area contributed by atoms with Crippen LogP contribution in [0, 0.1) is 5.41 Å². The molecular formula is C15H20N2O. The quantitative estimate of drug-likeness (QED) is 0.820. The second-order valence-corrected chi connectivity index (χ2v) is 6.22. The van der Waals surface area contributed by atoms with Gasteiger partial charge in [-0.05, 0) is 17.4 Å². The molecule has 0 aliphatic carbocycles. The van der Waals surface area contributed by atoms with Crippen LogP contribution in [0.1, 0.15) is 32.3 Å². The molecule has 96 valence electrons. The van der Waals surface area contributed by atoms with Crippen LogP contribution in [0.15, 0.2) is 30.3 Å². The van der Waals surface area contributed by atoms with Gasteiger partial charge in [0.25, 0.3) is 0 Å². The Morgan fingerprint density at radius 1 is 1.22 bits per heavy atom. The van der Waals surface area contributed by atoms with Crippen LogP contribution in [0.25, 0.3) is 0 Å². The van der Waals surface area contributed by atoms with Crippen LogP contribution in [-0.2, 0) is 10.5 Å². The van der Waals surface area contributed by atoms with Crippen molar-refractivity contribution in [2.75, 3.05) is 13.1 Å². The summed E-state index contributed by atoms with van der Waals surface area (Å²) < 4.78 is 0. The number of amides is 1. The molecule has 2 fully saturated rings. The lowest BCUT2D eigenvalue weighted by Crippen LogP contribution is -2.57. The molecule has 18 heavy (non-hydrogen) atoms. The number of nitrogens with zero attached hydrogens (tertiary/aromatic N) is 1. The third kappa shape index (κ3) is 1.65. The van der Waals surface area contributed by atoms with Crippen LogP contribution in [0.2, 0.25) is 0 Å². The zero-order chi connectivity index (χ0) is 12.8. The molecule has 0 spiro atoms. The Labute approximate surface area is 108 Å². The van der Waals surface area contributed by atoms with Gasteiger partial charge in [-0.2, -0.15) is 0 Å². The minimum atomic E-state index is -0.278. The average Bonchev–Trinajstić information content (AvgIpc) is 2.74. The van der Waals surface area contributed by atoms with Gasteiger partial charge < -0.3 is 4.90 Å². The van der Waals surface area contributed by atoms with E-state index in [-0.39, 0.29) is 17.0 Å². The molecule has 0 saturated carbocycles. The van der Waals surface area contributed by atoms with E-state index in [9.17, 15) is 4.79 Å². The maximum absolute atomic E-state index is 12.4. The van der Waals surface area contributed by atoms with Gasteiger partial charge >= 0.3 is 0 Å². The first-order chi connectivity index (χ1) is 8.54. The molecule has 1 unspecified atom stereocenters. The Kier molecular flexibility index (Phi) is 2.49. The van der Waals surface area contributed by atoms with Crippen molar-refractivity contribution < 1.29 is 4.79 Å². The Hall–Kier alpha value is -1.35. The monoisotopic (exact) mass is 244 g/mol. The molecule has 0 radical (unpaired) electrons. The van der Waals surface area contributed by atoms with E-state index in [1.807, 2.05) is 23.1 Å². The standard InChI is InChI=1S/C15H20N2O/c1-14(2)10-13(18)17-9-8-16-15(17,11-14)12-6-4-3-5-7-12/h3-7,16H,8-11H2,1-2H3. The van der Waals surface area contributed by atoms with Gasteiger partial charge in [-0.1, -0.05) is 44.2 Å². The molecule has 1 amide bonds. The highest BCUT2D eigenvalue weighted by Gasteiger charge is 2.52. The summed E-state index contributed by atoms with van der Waals surface area (Å²) in [5.41, 5.74) is 0.990. The molecular weight excluding hydrogens is 224 g/mol. The summed E-state index contributed by atoms with van der Waals surface area (Å²) in [5.74, 6) is 0.278. The van der Waals surface area contributed by atoms with Crippen molar-refractivity contribution >= 4 is 5.91 Å². The van der Waals surface area contributed by atoms with Gasteiger partial charge in [-0.3, -0.25) is 10.1 Å². The maximum atomic E-state index is 12.4. The molecule has 1 atom stereocenters. The summed E-state index contributed by atoms with van der Waals surface area (Å²) in [5, 5.41) is 3.58. The minimum Gasteiger partial charge on any atom is -0.319 e. The second kappa shape index (κ2) is 3.82. The SMILES string of the molecule is CC1(C)CC(=O)N2CCNC2(c2ccccc2)C1. The van der Waals surface area contributed by atoms with Crippen LogP contribution >= 0.6 is 0 Å². The van der Waals surface area contributed by atoms with Gasteiger partial charge in [0, 0.05) is 19.5 Å².